The Bertz CT molecular complexity index is 776. The maximum atomic E-state index is 12.7. The lowest BCUT2D eigenvalue weighted by Gasteiger charge is -2.30. The smallest absolute Gasteiger partial charge is 0.258 e. The Morgan fingerprint density at radius 2 is 1.81 bits per heavy atom. The second-order valence-electron chi connectivity index (χ2n) is 6.83. The molecule has 2 unspecified atom stereocenters. The van der Waals surface area contributed by atoms with Gasteiger partial charge in [0.25, 0.3) is 11.8 Å². The van der Waals surface area contributed by atoms with Gasteiger partial charge in [-0.1, -0.05) is 31.2 Å². The summed E-state index contributed by atoms with van der Waals surface area (Å²) in [6, 6.07) is 16.5. The summed E-state index contributed by atoms with van der Waals surface area (Å²) >= 11 is 0. The SMILES string of the molecule is CC1CNCCC1NC(=O)c1cccc(C(=O)N(C)c2ccccc2)c1. The molecular formula is C21H25N3O2. The van der Waals surface area contributed by atoms with Gasteiger partial charge in [-0.2, -0.15) is 0 Å². The van der Waals surface area contributed by atoms with Crippen LogP contribution in [0.1, 0.15) is 34.1 Å². The minimum atomic E-state index is -0.138. The molecule has 26 heavy (non-hydrogen) atoms. The molecule has 0 saturated carbocycles. The number of carbonyl (C=O) groups is 2. The molecule has 0 bridgehead atoms. The first-order valence-electron chi connectivity index (χ1n) is 9.01. The van der Waals surface area contributed by atoms with Gasteiger partial charge in [0.05, 0.1) is 0 Å². The summed E-state index contributed by atoms with van der Waals surface area (Å²) in [5.41, 5.74) is 1.83. The summed E-state index contributed by atoms with van der Waals surface area (Å²) in [5.74, 6) is 0.128. The molecule has 2 atom stereocenters. The highest BCUT2D eigenvalue weighted by Crippen LogP contribution is 2.16. The summed E-state index contributed by atoms with van der Waals surface area (Å²) in [4.78, 5) is 27.0. The Morgan fingerprint density at radius 3 is 2.54 bits per heavy atom. The van der Waals surface area contributed by atoms with Crippen LogP contribution in [-0.4, -0.2) is 38.0 Å². The van der Waals surface area contributed by atoms with Gasteiger partial charge >= 0.3 is 0 Å². The lowest BCUT2D eigenvalue weighted by atomic mass is 9.95. The molecule has 5 nitrogen and oxygen atoms in total. The molecule has 0 aromatic heterocycles. The van der Waals surface area contributed by atoms with Crippen molar-refractivity contribution in [3.05, 3.63) is 65.7 Å². The molecule has 1 saturated heterocycles. The highest BCUT2D eigenvalue weighted by molar-refractivity contribution is 6.07. The van der Waals surface area contributed by atoms with Crippen molar-refractivity contribution >= 4 is 17.5 Å². The van der Waals surface area contributed by atoms with Crippen molar-refractivity contribution in [1.82, 2.24) is 10.6 Å². The van der Waals surface area contributed by atoms with Crippen LogP contribution in [0.3, 0.4) is 0 Å². The number of carbonyl (C=O) groups excluding carboxylic acids is 2. The average Bonchev–Trinajstić information content (AvgIpc) is 2.69. The second-order valence-corrected chi connectivity index (χ2v) is 6.83. The van der Waals surface area contributed by atoms with Crippen molar-refractivity contribution in [2.45, 2.75) is 19.4 Å². The molecule has 3 rings (SSSR count). The van der Waals surface area contributed by atoms with Crippen LogP contribution in [0, 0.1) is 5.92 Å². The summed E-state index contributed by atoms with van der Waals surface area (Å²) in [6.45, 7) is 3.95. The highest BCUT2D eigenvalue weighted by atomic mass is 16.2. The molecule has 2 N–H and O–H groups in total. The van der Waals surface area contributed by atoms with E-state index >= 15 is 0 Å². The number of benzene rings is 2. The first-order chi connectivity index (χ1) is 12.6. The third kappa shape index (κ3) is 4.11. The van der Waals surface area contributed by atoms with Gasteiger partial charge in [0.15, 0.2) is 0 Å². The van der Waals surface area contributed by atoms with Gasteiger partial charge < -0.3 is 15.5 Å². The molecule has 0 aliphatic carbocycles. The van der Waals surface area contributed by atoms with Crippen LogP contribution in [0.15, 0.2) is 54.6 Å². The van der Waals surface area contributed by atoms with Crippen LogP contribution in [0.2, 0.25) is 0 Å². The second kappa shape index (κ2) is 8.15. The molecule has 2 aromatic rings. The van der Waals surface area contributed by atoms with E-state index < -0.39 is 0 Å². The maximum Gasteiger partial charge on any atom is 0.258 e. The van der Waals surface area contributed by atoms with E-state index in [1.807, 2.05) is 30.3 Å². The molecule has 1 aliphatic rings. The van der Waals surface area contributed by atoms with Crippen LogP contribution < -0.4 is 15.5 Å². The van der Waals surface area contributed by atoms with Crippen molar-refractivity contribution in [3.8, 4) is 0 Å². The normalized spacial score (nSPS) is 19.6. The predicted molar refractivity (Wildman–Crippen MR) is 104 cm³/mol. The van der Waals surface area contributed by atoms with Gasteiger partial charge in [0.1, 0.15) is 0 Å². The largest absolute Gasteiger partial charge is 0.349 e. The van der Waals surface area contributed by atoms with Crippen molar-refractivity contribution in [2.75, 3.05) is 25.0 Å². The van der Waals surface area contributed by atoms with Crippen LogP contribution in [-0.2, 0) is 0 Å². The first kappa shape index (κ1) is 18.1. The maximum absolute atomic E-state index is 12.7. The molecule has 2 amide bonds. The van der Waals surface area contributed by atoms with Gasteiger partial charge in [-0.15, -0.1) is 0 Å². The van der Waals surface area contributed by atoms with Crippen molar-refractivity contribution in [2.24, 2.45) is 5.92 Å². The number of anilines is 1. The minimum Gasteiger partial charge on any atom is -0.349 e. The minimum absolute atomic E-state index is 0.124. The first-order valence-corrected chi connectivity index (χ1v) is 9.01. The number of nitrogens with one attached hydrogen (secondary N) is 2. The van der Waals surface area contributed by atoms with Gasteiger partial charge in [0.2, 0.25) is 0 Å². The monoisotopic (exact) mass is 351 g/mol. The van der Waals surface area contributed by atoms with Crippen molar-refractivity contribution in [3.63, 3.8) is 0 Å². The fraction of sp³-hybridized carbons (Fsp3) is 0.333. The van der Waals surface area contributed by atoms with Crippen LogP contribution in [0.4, 0.5) is 5.69 Å². The van der Waals surface area contributed by atoms with Gasteiger partial charge in [-0.05, 0) is 55.8 Å². The predicted octanol–water partition coefficient (Wildman–Crippen LogP) is 2.69. The Labute approximate surface area is 154 Å². The van der Waals surface area contributed by atoms with Gasteiger partial charge in [-0.3, -0.25) is 9.59 Å². The van der Waals surface area contributed by atoms with E-state index in [4.69, 9.17) is 0 Å². The Balaban J connectivity index is 1.73. The topological polar surface area (TPSA) is 61.4 Å². The average molecular weight is 351 g/mol. The van der Waals surface area contributed by atoms with Gasteiger partial charge in [-0.25, -0.2) is 0 Å². The summed E-state index contributed by atoms with van der Waals surface area (Å²) in [5, 5.41) is 6.44. The number of hydrogen-bond donors (Lipinski definition) is 2. The van der Waals surface area contributed by atoms with E-state index in [0.29, 0.717) is 17.0 Å². The lowest BCUT2D eigenvalue weighted by molar-refractivity contribution is 0.0914. The third-order valence-electron chi connectivity index (χ3n) is 4.92. The molecule has 1 fully saturated rings. The third-order valence-corrected chi connectivity index (χ3v) is 4.92. The highest BCUT2D eigenvalue weighted by Gasteiger charge is 2.23. The number of piperidine rings is 1. The summed E-state index contributed by atoms with van der Waals surface area (Å²) in [6.07, 6.45) is 0.919. The Hall–Kier alpha value is -2.66. The van der Waals surface area contributed by atoms with Crippen molar-refractivity contribution < 1.29 is 9.59 Å². The Morgan fingerprint density at radius 1 is 1.08 bits per heavy atom. The number of hydrogen-bond acceptors (Lipinski definition) is 3. The number of para-hydroxylation sites is 1. The van der Waals surface area contributed by atoms with Gasteiger partial charge in [0, 0.05) is 29.9 Å². The molecule has 0 radical (unpaired) electrons. The fourth-order valence-corrected chi connectivity index (χ4v) is 3.24. The molecular weight excluding hydrogens is 326 g/mol. The standard InChI is InChI=1S/C21H25N3O2/c1-15-14-22-12-11-19(15)23-20(25)16-7-6-8-17(13-16)21(26)24(2)18-9-4-3-5-10-18/h3-10,13,15,19,22H,11-12,14H2,1-2H3,(H,23,25). The zero-order valence-corrected chi connectivity index (χ0v) is 15.2. The number of rotatable bonds is 4. The van der Waals surface area contributed by atoms with E-state index in [0.717, 1.165) is 25.2 Å². The van der Waals surface area contributed by atoms with Crippen LogP contribution >= 0.6 is 0 Å². The molecule has 1 heterocycles. The lowest BCUT2D eigenvalue weighted by Crippen LogP contribution is -2.48. The van der Waals surface area contributed by atoms with E-state index in [9.17, 15) is 9.59 Å². The van der Waals surface area contributed by atoms with E-state index in [1.54, 1.807) is 36.2 Å². The van der Waals surface area contributed by atoms with Crippen molar-refractivity contribution in [1.29, 1.82) is 0 Å². The molecule has 2 aromatic carbocycles. The molecule has 5 heteroatoms. The van der Waals surface area contributed by atoms with E-state index in [-0.39, 0.29) is 17.9 Å². The number of nitrogens with zero attached hydrogens (tertiary/aromatic N) is 1. The van der Waals surface area contributed by atoms with Crippen LogP contribution in [0.5, 0.6) is 0 Å². The van der Waals surface area contributed by atoms with Crippen LogP contribution in [0.25, 0.3) is 0 Å². The molecule has 0 spiro atoms. The zero-order chi connectivity index (χ0) is 18.5. The molecule has 1 aliphatic heterocycles. The van der Waals surface area contributed by atoms with E-state index in [2.05, 4.69) is 17.6 Å². The number of amides is 2. The molecule has 136 valence electrons. The summed E-state index contributed by atoms with van der Waals surface area (Å²) in [7, 11) is 1.74. The fourth-order valence-electron chi connectivity index (χ4n) is 3.24. The van der Waals surface area contributed by atoms with E-state index in [1.165, 1.54) is 0 Å². The zero-order valence-electron chi connectivity index (χ0n) is 15.2. The Kier molecular flexibility index (Phi) is 5.68. The summed E-state index contributed by atoms with van der Waals surface area (Å²) < 4.78 is 0. The quantitative estimate of drug-likeness (QED) is 0.890.